The number of carbonyl (C=O) groups is 1. The summed E-state index contributed by atoms with van der Waals surface area (Å²) in [6.45, 7) is 0. The van der Waals surface area contributed by atoms with E-state index in [0.717, 1.165) is 22.1 Å². The summed E-state index contributed by atoms with van der Waals surface area (Å²) in [5, 5.41) is 12.1. The highest BCUT2D eigenvalue weighted by atomic mass is 32.1. The van der Waals surface area contributed by atoms with Crippen molar-refractivity contribution in [2.24, 2.45) is 5.41 Å². The maximum atomic E-state index is 12.4. The molecule has 1 aromatic heterocycles. The molecule has 0 amide bonds. The Labute approximate surface area is 103 Å². The molecule has 1 aliphatic carbocycles. The monoisotopic (exact) mass is 241 g/mol. The summed E-state index contributed by atoms with van der Waals surface area (Å²) in [6.07, 6.45) is 2.42. The Bertz CT molecular complexity index is 631. The van der Waals surface area contributed by atoms with E-state index in [9.17, 15) is 10.1 Å². The van der Waals surface area contributed by atoms with E-state index in [2.05, 4.69) is 6.07 Å². The van der Waals surface area contributed by atoms with Crippen LogP contribution in [0.4, 0.5) is 0 Å². The topological polar surface area (TPSA) is 40.9 Å². The predicted octanol–water partition coefficient (Wildman–Crippen LogP) is 3.78. The molecule has 0 bridgehead atoms. The maximum Gasteiger partial charge on any atom is 0.184 e. The van der Waals surface area contributed by atoms with Crippen LogP contribution < -0.4 is 0 Å². The van der Waals surface area contributed by atoms with Crippen molar-refractivity contribution in [3.63, 3.8) is 0 Å². The van der Waals surface area contributed by atoms with E-state index in [4.69, 9.17) is 0 Å². The van der Waals surface area contributed by atoms with Gasteiger partial charge in [-0.25, -0.2) is 0 Å². The molecule has 2 aromatic rings. The second-order valence-corrected chi connectivity index (χ2v) is 5.43. The normalized spacial score (nSPS) is 17.4. The number of rotatable bonds is 2. The fourth-order valence-electron chi connectivity index (χ4n) is 2.33. The zero-order chi connectivity index (χ0) is 11.9. The van der Waals surface area contributed by atoms with Gasteiger partial charge in [-0.2, -0.15) is 5.26 Å². The molecule has 1 aliphatic rings. The first-order chi connectivity index (χ1) is 8.27. The third-order valence-electron chi connectivity index (χ3n) is 3.58. The first kappa shape index (κ1) is 10.5. The number of fused-ring (bicyclic) bond motifs is 1. The average molecular weight is 241 g/mol. The standard InChI is InChI=1S/C14H11NOS/c15-9-14(6-3-7-14)13(16)11-8-17-12-5-2-1-4-10(11)12/h1-2,4-5,8H,3,6-7H2. The average Bonchev–Trinajstić information content (AvgIpc) is 2.71. The molecule has 2 nitrogen and oxygen atoms in total. The number of Topliss-reactive ketones (excluding diaryl/α,β-unsaturated/α-hetero) is 1. The summed E-state index contributed by atoms with van der Waals surface area (Å²) in [4.78, 5) is 12.4. The van der Waals surface area contributed by atoms with Gasteiger partial charge in [0.15, 0.2) is 5.78 Å². The van der Waals surface area contributed by atoms with Crippen molar-refractivity contribution in [2.75, 3.05) is 0 Å². The zero-order valence-electron chi connectivity index (χ0n) is 9.27. The van der Waals surface area contributed by atoms with E-state index >= 15 is 0 Å². The Balaban J connectivity index is 2.11. The largest absolute Gasteiger partial charge is 0.292 e. The van der Waals surface area contributed by atoms with Gasteiger partial charge in [0.25, 0.3) is 0 Å². The lowest BCUT2D eigenvalue weighted by molar-refractivity contribution is 0.0751. The minimum Gasteiger partial charge on any atom is -0.292 e. The van der Waals surface area contributed by atoms with Gasteiger partial charge in [-0.15, -0.1) is 11.3 Å². The molecule has 0 unspecified atom stereocenters. The number of hydrogen-bond donors (Lipinski definition) is 0. The Morgan fingerprint density at radius 3 is 2.76 bits per heavy atom. The smallest absolute Gasteiger partial charge is 0.184 e. The minimum absolute atomic E-state index is 0.0173. The first-order valence-corrected chi connectivity index (χ1v) is 6.57. The van der Waals surface area contributed by atoms with Crippen molar-refractivity contribution in [1.29, 1.82) is 5.26 Å². The molecule has 84 valence electrons. The van der Waals surface area contributed by atoms with Crippen molar-refractivity contribution in [1.82, 2.24) is 0 Å². The van der Waals surface area contributed by atoms with Crippen molar-refractivity contribution in [3.05, 3.63) is 35.2 Å². The van der Waals surface area contributed by atoms with Crippen molar-refractivity contribution < 1.29 is 4.79 Å². The highest BCUT2D eigenvalue weighted by Gasteiger charge is 2.45. The van der Waals surface area contributed by atoms with Crippen molar-refractivity contribution in [3.8, 4) is 6.07 Å². The molecule has 0 atom stereocenters. The van der Waals surface area contributed by atoms with E-state index in [0.29, 0.717) is 12.8 Å². The molecular weight excluding hydrogens is 230 g/mol. The van der Waals surface area contributed by atoms with Crippen LogP contribution in [0.25, 0.3) is 10.1 Å². The summed E-state index contributed by atoms with van der Waals surface area (Å²) in [6, 6.07) is 10.1. The molecular formula is C14H11NOS. The van der Waals surface area contributed by atoms with Crippen LogP contribution in [0.5, 0.6) is 0 Å². The van der Waals surface area contributed by atoms with Crippen LogP contribution in [-0.4, -0.2) is 5.78 Å². The number of benzene rings is 1. The second-order valence-electron chi connectivity index (χ2n) is 4.52. The van der Waals surface area contributed by atoms with Gasteiger partial charge in [0.05, 0.1) is 6.07 Å². The third kappa shape index (κ3) is 1.41. The van der Waals surface area contributed by atoms with Crippen LogP contribution in [0.2, 0.25) is 0 Å². The van der Waals surface area contributed by atoms with Gasteiger partial charge in [0.2, 0.25) is 0 Å². The number of nitrogens with zero attached hydrogens (tertiary/aromatic N) is 1. The molecule has 3 rings (SSSR count). The zero-order valence-corrected chi connectivity index (χ0v) is 10.1. The van der Waals surface area contributed by atoms with Crippen molar-refractivity contribution >= 4 is 27.2 Å². The third-order valence-corrected chi connectivity index (χ3v) is 4.54. The van der Waals surface area contributed by atoms with E-state index in [1.165, 1.54) is 0 Å². The number of ketones is 1. The Hall–Kier alpha value is -1.66. The van der Waals surface area contributed by atoms with Gasteiger partial charge in [-0.1, -0.05) is 18.2 Å². The van der Waals surface area contributed by atoms with Gasteiger partial charge in [-0.3, -0.25) is 4.79 Å². The molecule has 3 heteroatoms. The van der Waals surface area contributed by atoms with Gasteiger partial charge in [-0.05, 0) is 25.3 Å². The highest BCUT2D eigenvalue weighted by Crippen LogP contribution is 2.44. The SMILES string of the molecule is N#CC1(C(=O)c2csc3ccccc23)CCC1. The molecule has 1 heterocycles. The van der Waals surface area contributed by atoms with Crippen molar-refractivity contribution in [2.45, 2.75) is 19.3 Å². The van der Waals surface area contributed by atoms with Crippen LogP contribution in [0.15, 0.2) is 29.6 Å². The summed E-state index contributed by atoms with van der Waals surface area (Å²) in [5.41, 5.74) is -0.00373. The number of thiophene rings is 1. The second kappa shape index (κ2) is 3.68. The fourth-order valence-corrected chi connectivity index (χ4v) is 3.27. The van der Waals surface area contributed by atoms with Crippen LogP contribution in [0.1, 0.15) is 29.6 Å². The summed E-state index contributed by atoms with van der Waals surface area (Å²) >= 11 is 1.57. The van der Waals surface area contributed by atoms with E-state index < -0.39 is 5.41 Å². The summed E-state index contributed by atoms with van der Waals surface area (Å²) in [7, 11) is 0. The van der Waals surface area contributed by atoms with E-state index in [1.807, 2.05) is 29.6 Å². The Kier molecular flexibility index (Phi) is 2.27. The summed E-state index contributed by atoms with van der Waals surface area (Å²) in [5.74, 6) is 0.0173. The van der Waals surface area contributed by atoms with Crippen LogP contribution in [0, 0.1) is 16.7 Å². The molecule has 0 radical (unpaired) electrons. The van der Waals surface area contributed by atoms with Gasteiger partial charge >= 0.3 is 0 Å². The molecule has 1 fully saturated rings. The lowest BCUT2D eigenvalue weighted by atomic mass is 9.65. The van der Waals surface area contributed by atoms with Gasteiger partial charge in [0.1, 0.15) is 5.41 Å². The van der Waals surface area contributed by atoms with Crippen LogP contribution in [0.3, 0.4) is 0 Å². The lowest BCUT2D eigenvalue weighted by Crippen LogP contribution is -2.36. The lowest BCUT2D eigenvalue weighted by Gasteiger charge is -2.33. The molecule has 0 N–H and O–H groups in total. The Morgan fingerprint density at radius 1 is 1.35 bits per heavy atom. The molecule has 1 aromatic carbocycles. The fraction of sp³-hybridized carbons (Fsp3) is 0.286. The number of carbonyl (C=O) groups excluding carboxylic acids is 1. The quantitative estimate of drug-likeness (QED) is 0.751. The van der Waals surface area contributed by atoms with Gasteiger partial charge in [0, 0.05) is 21.0 Å². The molecule has 0 aliphatic heterocycles. The first-order valence-electron chi connectivity index (χ1n) is 5.69. The molecule has 1 saturated carbocycles. The van der Waals surface area contributed by atoms with Crippen LogP contribution >= 0.6 is 11.3 Å². The van der Waals surface area contributed by atoms with E-state index in [1.54, 1.807) is 11.3 Å². The Morgan fingerprint density at radius 2 is 2.12 bits per heavy atom. The molecule has 17 heavy (non-hydrogen) atoms. The number of hydrogen-bond acceptors (Lipinski definition) is 3. The van der Waals surface area contributed by atoms with Gasteiger partial charge < -0.3 is 0 Å². The highest BCUT2D eigenvalue weighted by molar-refractivity contribution is 7.17. The van der Waals surface area contributed by atoms with E-state index in [-0.39, 0.29) is 5.78 Å². The minimum atomic E-state index is -0.732. The van der Waals surface area contributed by atoms with Crippen LogP contribution in [-0.2, 0) is 0 Å². The molecule has 0 saturated heterocycles. The maximum absolute atomic E-state index is 12.4. The molecule has 0 spiro atoms. The predicted molar refractivity (Wildman–Crippen MR) is 68.1 cm³/mol. The number of nitriles is 1. The summed E-state index contributed by atoms with van der Waals surface area (Å²) < 4.78 is 1.11.